The highest BCUT2D eigenvalue weighted by Crippen LogP contribution is 2.54. The Balaban J connectivity index is 2.54. The predicted octanol–water partition coefficient (Wildman–Crippen LogP) is 2.91. The van der Waals surface area contributed by atoms with E-state index in [4.69, 9.17) is 9.47 Å². The van der Waals surface area contributed by atoms with Gasteiger partial charge in [0.25, 0.3) is 0 Å². The van der Waals surface area contributed by atoms with Crippen molar-refractivity contribution in [2.75, 3.05) is 7.11 Å². The highest BCUT2D eigenvalue weighted by Gasteiger charge is 2.47. The molecule has 2 rings (SSSR count). The predicted molar refractivity (Wildman–Crippen MR) is 111 cm³/mol. The molecule has 1 unspecified atom stereocenters. The van der Waals surface area contributed by atoms with Crippen LogP contribution >= 0.6 is 10.9 Å². The molecule has 1 fully saturated rings. The SMILES string of the molecule is CCC[C@H]1[C@@H](NC(C)=O)[C@@H](OC(C)=O)C[C@@H](C(=O)OC)[SH]1c1ccc(C)cc1. The number of esters is 2. The number of methoxy groups -OCH3 is 1. The van der Waals surface area contributed by atoms with E-state index in [0.29, 0.717) is 6.42 Å². The molecule has 6 nitrogen and oxygen atoms in total. The van der Waals surface area contributed by atoms with Crippen LogP contribution in [-0.4, -0.2) is 47.6 Å². The summed E-state index contributed by atoms with van der Waals surface area (Å²) < 4.78 is 10.7. The van der Waals surface area contributed by atoms with Crippen LogP contribution in [0.5, 0.6) is 0 Å². The van der Waals surface area contributed by atoms with Gasteiger partial charge < -0.3 is 14.8 Å². The number of hydrogen-bond donors (Lipinski definition) is 2. The van der Waals surface area contributed by atoms with Gasteiger partial charge in [0.2, 0.25) is 5.91 Å². The van der Waals surface area contributed by atoms with Crippen LogP contribution in [0.3, 0.4) is 0 Å². The molecular weight excluding hydrogens is 378 g/mol. The van der Waals surface area contributed by atoms with E-state index in [9.17, 15) is 14.4 Å². The molecule has 1 aromatic rings. The molecule has 28 heavy (non-hydrogen) atoms. The Labute approximate surface area is 169 Å². The number of amides is 1. The fourth-order valence-electron chi connectivity index (χ4n) is 3.94. The zero-order valence-corrected chi connectivity index (χ0v) is 18.1. The third kappa shape index (κ3) is 5.28. The van der Waals surface area contributed by atoms with E-state index in [-0.39, 0.29) is 28.4 Å². The van der Waals surface area contributed by atoms with Gasteiger partial charge in [-0.2, -0.15) is 0 Å². The van der Waals surface area contributed by atoms with Crippen LogP contribution in [0, 0.1) is 6.92 Å². The Bertz CT molecular complexity index is 705. The first-order valence-corrected chi connectivity index (χ1v) is 11.1. The molecule has 0 spiro atoms. The molecule has 0 aliphatic carbocycles. The maximum absolute atomic E-state index is 12.7. The zero-order valence-electron chi connectivity index (χ0n) is 17.2. The summed E-state index contributed by atoms with van der Waals surface area (Å²) in [5, 5.41) is 2.64. The molecule has 0 saturated carbocycles. The van der Waals surface area contributed by atoms with E-state index in [2.05, 4.69) is 24.4 Å². The van der Waals surface area contributed by atoms with E-state index in [1.165, 1.54) is 21.0 Å². The van der Waals surface area contributed by atoms with E-state index in [1.807, 2.05) is 19.1 Å². The molecule has 1 saturated heterocycles. The molecule has 1 amide bonds. The van der Waals surface area contributed by atoms with Gasteiger partial charge in [0, 0.05) is 25.5 Å². The number of thiol groups is 1. The van der Waals surface area contributed by atoms with Crippen LogP contribution in [0.15, 0.2) is 29.2 Å². The molecule has 0 bridgehead atoms. The number of carbonyl (C=O) groups excluding carboxylic acids is 3. The lowest BCUT2D eigenvalue weighted by molar-refractivity contribution is -0.151. The van der Waals surface area contributed by atoms with Crippen molar-refractivity contribution in [3.05, 3.63) is 29.8 Å². The van der Waals surface area contributed by atoms with Gasteiger partial charge in [-0.15, -0.1) is 0 Å². The summed E-state index contributed by atoms with van der Waals surface area (Å²) in [6.07, 6.45) is 1.50. The minimum atomic E-state index is -0.959. The second-order valence-corrected chi connectivity index (χ2v) is 9.87. The van der Waals surface area contributed by atoms with Crippen LogP contribution in [0.1, 0.15) is 45.6 Å². The van der Waals surface area contributed by atoms with E-state index in [1.54, 1.807) is 0 Å². The lowest BCUT2D eigenvalue weighted by Gasteiger charge is -2.48. The fraction of sp³-hybridized carbons (Fsp3) is 0.571. The number of aryl methyl sites for hydroxylation is 1. The summed E-state index contributed by atoms with van der Waals surface area (Å²) in [4.78, 5) is 37.4. The smallest absolute Gasteiger partial charge is 0.317 e. The maximum Gasteiger partial charge on any atom is 0.317 e. The summed E-state index contributed by atoms with van der Waals surface area (Å²) in [6, 6.07) is 7.89. The van der Waals surface area contributed by atoms with Gasteiger partial charge in [-0.25, -0.2) is 10.9 Å². The maximum atomic E-state index is 12.7. The number of rotatable bonds is 6. The minimum Gasteiger partial charge on any atom is -0.468 e. The number of hydrogen-bond acceptors (Lipinski definition) is 5. The number of ether oxygens (including phenoxy) is 2. The monoisotopic (exact) mass is 409 g/mol. The molecule has 0 aromatic heterocycles. The van der Waals surface area contributed by atoms with Crippen molar-refractivity contribution in [3.8, 4) is 0 Å². The number of benzene rings is 1. The Kier molecular flexibility index (Phi) is 7.92. The Morgan fingerprint density at radius 1 is 1.18 bits per heavy atom. The van der Waals surface area contributed by atoms with Crippen molar-refractivity contribution < 1.29 is 23.9 Å². The van der Waals surface area contributed by atoms with E-state index < -0.39 is 23.0 Å². The third-order valence-corrected chi connectivity index (χ3v) is 8.32. The van der Waals surface area contributed by atoms with Gasteiger partial charge in [-0.3, -0.25) is 14.4 Å². The van der Waals surface area contributed by atoms with Crippen LogP contribution < -0.4 is 5.32 Å². The van der Waals surface area contributed by atoms with Crippen LogP contribution in [0.4, 0.5) is 0 Å². The Morgan fingerprint density at radius 3 is 2.32 bits per heavy atom. The van der Waals surface area contributed by atoms with Gasteiger partial charge in [0.15, 0.2) is 0 Å². The summed E-state index contributed by atoms with van der Waals surface area (Å²) in [7, 11) is 0.430. The average Bonchev–Trinajstić information content (AvgIpc) is 2.63. The molecule has 1 aliphatic heterocycles. The average molecular weight is 410 g/mol. The lowest BCUT2D eigenvalue weighted by Crippen LogP contribution is -2.57. The molecule has 0 radical (unpaired) electrons. The summed E-state index contributed by atoms with van der Waals surface area (Å²) in [5.74, 6) is -0.870. The van der Waals surface area contributed by atoms with Crippen molar-refractivity contribution in [1.29, 1.82) is 0 Å². The second kappa shape index (κ2) is 9.96. The Morgan fingerprint density at radius 2 is 1.82 bits per heavy atom. The minimum absolute atomic E-state index is 0.00815. The summed E-state index contributed by atoms with van der Waals surface area (Å²) >= 11 is 0. The number of nitrogens with one attached hydrogen (secondary N) is 1. The van der Waals surface area contributed by atoms with Crippen LogP contribution in [-0.2, 0) is 23.9 Å². The van der Waals surface area contributed by atoms with Gasteiger partial charge in [-0.1, -0.05) is 43.2 Å². The van der Waals surface area contributed by atoms with Crippen molar-refractivity contribution in [2.24, 2.45) is 0 Å². The molecule has 1 N–H and O–H groups in total. The van der Waals surface area contributed by atoms with Crippen molar-refractivity contribution >= 4 is 28.7 Å². The number of carbonyl (C=O) groups is 3. The molecule has 7 heteroatoms. The van der Waals surface area contributed by atoms with Gasteiger partial charge in [-0.05, 0) is 18.2 Å². The summed E-state index contributed by atoms with van der Waals surface area (Å²) in [6.45, 7) is 6.92. The largest absolute Gasteiger partial charge is 0.468 e. The van der Waals surface area contributed by atoms with Crippen molar-refractivity contribution in [3.63, 3.8) is 0 Å². The molecule has 156 valence electrons. The lowest BCUT2D eigenvalue weighted by atomic mass is 9.98. The van der Waals surface area contributed by atoms with Gasteiger partial charge >= 0.3 is 11.9 Å². The van der Waals surface area contributed by atoms with Crippen molar-refractivity contribution in [2.45, 2.75) is 74.5 Å². The van der Waals surface area contributed by atoms with Gasteiger partial charge in [0.1, 0.15) is 6.10 Å². The third-order valence-electron chi connectivity index (χ3n) is 5.04. The first kappa shape index (κ1) is 22.3. The Hall–Kier alpha value is -2.02. The zero-order chi connectivity index (χ0) is 20.8. The van der Waals surface area contributed by atoms with Crippen molar-refractivity contribution in [1.82, 2.24) is 5.32 Å². The fourth-order valence-corrected chi connectivity index (χ4v) is 7.55. The molecular formula is C21H31NO5S. The van der Waals surface area contributed by atoms with E-state index >= 15 is 0 Å². The highest BCUT2D eigenvalue weighted by molar-refractivity contribution is 8.18. The summed E-state index contributed by atoms with van der Waals surface area (Å²) in [5.41, 5.74) is 1.15. The molecule has 1 heterocycles. The highest BCUT2D eigenvalue weighted by atomic mass is 32.2. The topological polar surface area (TPSA) is 81.7 Å². The first-order valence-electron chi connectivity index (χ1n) is 9.65. The standard InChI is InChI=1S/C21H31NO5S/c1-6-7-18-20(22-14(3)23)17(27-15(4)24)12-19(21(25)26-5)28(18)16-10-8-13(2)9-11-16/h8-11,17-20,28H,6-7,12H2,1-5H3,(H,22,23)/t17-,18-,19-,20-/m0/s1. The van der Waals surface area contributed by atoms with Gasteiger partial charge in [0.05, 0.1) is 18.4 Å². The quantitative estimate of drug-likeness (QED) is 0.558. The van der Waals surface area contributed by atoms with Crippen LogP contribution in [0.2, 0.25) is 0 Å². The molecule has 5 atom stereocenters. The first-order chi connectivity index (χ1) is 13.3. The normalized spacial score (nSPS) is 28.2. The molecule has 1 aromatic carbocycles. The second-order valence-electron chi connectivity index (χ2n) is 7.25. The molecule has 1 aliphatic rings. The van der Waals surface area contributed by atoms with E-state index in [0.717, 1.165) is 23.3 Å². The van der Waals surface area contributed by atoms with Crippen LogP contribution in [0.25, 0.3) is 0 Å².